The van der Waals surface area contributed by atoms with Gasteiger partial charge in [-0.15, -0.1) is 0 Å². The summed E-state index contributed by atoms with van der Waals surface area (Å²) >= 11 is 0. The van der Waals surface area contributed by atoms with Gasteiger partial charge in [0.05, 0.1) is 12.0 Å². The van der Waals surface area contributed by atoms with Crippen molar-refractivity contribution in [2.75, 3.05) is 12.2 Å². The number of hydroxylamine groups is 1. The van der Waals surface area contributed by atoms with Crippen LogP contribution in [0.3, 0.4) is 0 Å². The molecule has 0 spiro atoms. The Labute approximate surface area is 114 Å². The molecule has 2 aromatic rings. The van der Waals surface area contributed by atoms with Gasteiger partial charge in [0.1, 0.15) is 0 Å². The number of aromatic nitrogens is 1. The van der Waals surface area contributed by atoms with E-state index in [1.165, 1.54) is 37.6 Å². The third-order valence-electron chi connectivity index (χ3n) is 2.53. The van der Waals surface area contributed by atoms with Crippen LogP contribution < -0.4 is 5.06 Å². The van der Waals surface area contributed by atoms with Gasteiger partial charge in [0.25, 0.3) is 11.6 Å². The summed E-state index contributed by atoms with van der Waals surface area (Å²) in [5.74, 6) is -0.235. The summed E-state index contributed by atoms with van der Waals surface area (Å²) in [5.41, 5.74) is -0.0142. The second kappa shape index (κ2) is 5.89. The highest BCUT2D eigenvalue weighted by molar-refractivity contribution is 6.04. The molecule has 0 bridgehead atoms. The number of anilines is 1. The van der Waals surface area contributed by atoms with Crippen LogP contribution in [-0.4, -0.2) is 22.9 Å². The normalized spacial score (nSPS) is 10.1. The number of pyridine rings is 1. The number of amides is 1. The molecule has 1 aromatic heterocycles. The van der Waals surface area contributed by atoms with E-state index in [4.69, 9.17) is 4.84 Å². The van der Waals surface area contributed by atoms with E-state index < -0.39 is 10.8 Å². The fourth-order valence-electron chi connectivity index (χ4n) is 1.62. The molecule has 0 saturated heterocycles. The Balaban J connectivity index is 2.34. The summed E-state index contributed by atoms with van der Waals surface area (Å²) in [7, 11) is 1.32. The first-order valence-electron chi connectivity index (χ1n) is 5.67. The second-order valence-corrected chi connectivity index (χ2v) is 3.78. The summed E-state index contributed by atoms with van der Waals surface area (Å²) in [6.07, 6.45) is 1.52. The van der Waals surface area contributed by atoms with E-state index >= 15 is 0 Å². The van der Waals surface area contributed by atoms with Crippen LogP contribution in [0.15, 0.2) is 48.7 Å². The number of hydrogen-bond donors (Lipinski definition) is 0. The zero-order valence-electron chi connectivity index (χ0n) is 10.6. The Kier molecular flexibility index (Phi) is 4.02. The first kappa shape index (κ1) is 13.6. The van der Waals surface area contributed by atoms with Crippen LogP contribution >= 0.6 is 0 Å². The van der Waals surface area contributed by atoms with Crippen molar-refractivity contribution in [1.29, 1.82) is 0 Å². The van der Waals surface area contributed by atoms with Gasteiger partial charge in [-0.25, -0.2) is 4.98 Å². The van der Waals surface area contributed by atoms with Crippen molar-refractivity contribution in [2.45, 2.75) is 0 Å². The highest BCUT2D eigenvalue weighted by atomic mass is 16.7. The molecule has 1 aromatic carbocycles. The van der Waals surface area contributed by atoms with Gasteiger partial charge in [0.15, 0.2) is 5.82 Å². The molecule has 0 radical (unpaired) electrons. The van der Waals surface area contributed by atoms with Gasteiger partial charge in [-0.3, -0.25) is 19.7 Å². The van der Waals surface area contributed by atoms with Crippen molar-refractivity contribution >= 4 is 17.4 Å². The zero-order chi connectivity index (χ0) is 14.5. The molecule has 0 saturated carbocycles. The van der Waals surface area contributed by atoms with Crippen molar-refractivity contribution in [3.05, 3.63) is 64.3 Å². The number of hydrogen-bond acceptors (Lipinski definition) is 5. The average Bonchev–Trinajstić information content (AvgIpc) is 2.49. The summed E-state index contributed by atoms with van der Waals surface area (Å²) in [5, 5.41) is 11.7. The number of nitro benzene ring substituents is 1. The summed E-state index contributed by atoms with van der Waals surface area (Å²) < 4.78 is 0. The molecular weight excluding hydrogens is 262 g/mol. The zero-order valence-corrected chi connectivity index (χ0v) is 10.6. The lowest BCUT2D eigenvalue weighted by Gasteiger charge is -2.18. The third kappa shape index (κ3) is 2.78. The molecule has 0 aliphatic carbocycles. The number of non-ortho nitro benzene ring substituents is 1. The summed E-state index contributed by atoms with van der Waals surface area (Å²) in [4.78, 5) is 31.5. The van der Waals surface area contributed by atoms with Crippen LogP contribution in [0.4, 0.5) is 11.5 Å². The number of nitrogens with zero attached hydrogens (tertiary/aromatic N) is 3. The van der Waals surface area contributed by atoms with E-state index in [1.54, 1.807) is 18.2 Å². The first-order valence-corrected chi connectivity index (χ1v) is 5.67. The maximum absolute atomic E-state index is 12.3. The minimum Gasteiger partial charge on any atom is -0.268 e. The Morgan fingerprint density at radius 2 is 2.10 bits per heavy atom. The van der Waals surface area contributed by atoms with Crippen LogP contribution in [0, 0.1) is 10.1 Å². The highest BCUT2D eigenvalue weighted by Crippen LogP contribution is 2.18. The molecule has 0 aliphatic rings. The Morgan fingerprint density at radius 3 is 2.70 bits per heavy atom. The van der Waals surface area contributed by atoms with E-state index in [-0.39, 0.29) is 11.3 Å². The van der Waals surface area contributed by atoms with Crippen LogP contribution in [0.5, 0.6) is 0 Å². The predicted octanol–water partition coefficient (Wildman–Crippen LogP) is 2.20. The molecule has 20 heavy (non-hydrogen) atoms. The number of carbonyl (C=O) groups excluding carboxylic acids is 1. The molecule has 2 rings (SSSR count). The molecule has 102 valence electrons. The third-order valence-corrected chi connectivity index (χ3v) is 2.53. The lowest BCUT2D eigenvalue weighted by molar-refractivity contribution is -0.384. The number of rotatable bonds is 4. The van der Waals surface area contributed by atoms with Crippen LogP contribution in [0.25, 0.3) is 0 Å². The Hall–Kier alpha value is -2.80. The molecule has 7 heteroatoms. The molecule has 1 amide bonds. The molecule has 1 heterocycles. The van der Waals surface area contributed by atoms with E-state index in [2.05, 4.69) is 4.98 Å². The predicted molar refractivity (Wildman–Crippen MR) is 71.2 cm³/mol. The largest absolute Gasteiger partial charge is 0.283 e. The first-order chi connectivity index (χ1) is 9.63. The van der Waals surface area contributed by atoms with E-state index in [1.807, 2.05) is 0 Å². The monoisotopic (exact) mass is 273 g/mol. The maximum Gasteiger partial charge on any atom is 0.283 e. The number of carbonyl (C=O) groups is 1. The van der Waals surface area contributed by atoms with Crippen LogP contribution in [0.2, 0.25) is 0 Å². The SMILES string of the molecule is CON(C(=O)c1cccc([N+](=O)[O-])c1)c1ccccn1. The van der Waals surface area contributed by atoms with E-state index in [0.717, 1.165) is 5.06 Å². The smallest absolute Gasteiger partial charge is 0.268 e. The van der Waals surface area contributed by atoms with Crippen molar-refractivity contribution < 1.29 is 14.6 Å². The standard InChI is InChI=1S/C13H11N3O4/c1-20-15(12-7-2-3-8-14-12)13(17)10-5-4-6-11(9-10)16(18)19/h2-9H,1H3. The van der Waals surface area contributed by atoms with Crippen molar-refractivity contribution in [2.24, 2.45) is 0 Å². The molecule has 0 fully saturated rings. The molecule has 0 aliphatic heterocycles. The van der Waals surface area contributed by atoms with Crippen LogP contribution in [0.1, 0.15) is 10.4 Å². The van der Waals surface area contributed by atoms with Crippen molar-refractivity contribution in [3.63, 3.8) is 0 Å². The quantitative estimate of drug-likeness (QED) is 0.629. The lowest BCUT2D eigenvalue weighted by atomic mass is 10.2. The maximum atomic E-state index is 12.3. The van der Waals surface area contributed by atoms with Gasteiger partial charge in [-0.1, -0.05) is 12.1 Å². The van der Waals surface area contributed by atoms with E-state index in [9.17, 15) is 14.9 Å². The summed E-state index contributed by atoms with van der Waals surface area (Å²) in [6, 6.07) is 10.4. The van der Waals surface area contributed by atoms with Crippen molar-refractivity contribution in [1.82, 2.24) is 4.98 Å². The van der Waals surface area contributed by atoms with Gasteiger partial charge >= 0.3 is 0 Å². The van der Waals surface area contributed by atoms with Gasteiger partial charge in [-0.05, 0) is 18.2 Å². The number of benzene rings is 1. The van der Waals surface area contributed by atoms with Gasteiger partial charge in [0.2, 0.25) is 0 Å². The van der Waals surface area contributed by atoms with Gasteiger partial charge in [-0.2, -0.15) is 5.06 Å². The fraction of sp³-hybridized carbons (Fsp3) is 0.0769. The molecule has 0 N–H and O–H groups in total. The van der Waals surface area contributed by atoms with E-state index in [0.29, 0.717) is 5.82 Å². The van der Waals surface area contributed by atoms with Crippen molar-refractivity contribution in [3.8, 4) is 0 Å². The Morgan fingerprint density at radius 1 is 1.30 bits per heavy atom. The summed E-state index contributed by atoms with van der Waals surface area (Å²) in [6.45, 7) is 0. The number of nitro groups is 1. The average molecular weight is 273 g/mol. The minimum absolute atomic E-state index is 0.145. The molecular formula is C13H11N3O4. The minimum atomic E-state index is -0.561. The highest BCUT2D eigenvalue weighted by Gasteiger charge is 2.20. The van der Waals surface area contributed by atoms with Gasteiger partial charge in [0, 0.05) is 23.9 Å². The van der Waals surface area contributed by atoms with Crippen LogP contribution in [-0.2, 0) is 4.84 Å². The lowest BCUT2D eigenvalue weighted by Crippen LogP contribution is -2.30. The topological polar surface area (TPSA) is 85.6 Å². The Bertz CT molecular complexity index is 631. The molecule has 0 atom stereocenters. The fourth-order valence-corrected chi connectivity index (χ4v) is 1.62. The second-order valence-electron chi connectivity index (χ2n) is 3.78. The molecule has 7 nitrogen and oxygen atoms in total. The van der Waals surface area contributed by atoms with Gasteiger partial charge < -0.3 is 0 Å². The molecule has 0 unspecified atom stereocenters.